The number of carboxylic acids is 3. The molecule has 0 bridgehead atoms. The molecule has 7 aliphatic rings. The lowest BCUT2D eigenvalue weighted by Gasteiger charge is -2.69. The number of allylic oxidation sites excluding steroid dienone is 2. The summed E-state index contributed by atoms with van der Waals surface area (Å²) in [5.41, 5.74) is -1.51. The Labute approximate surface area is 337 Å². The first-order valence-electron chi connectivity index (χ1n) is 20.8. The third kappa shape index (κ3) is 6.25. The van der Waals surface area contributed by atoms with Crippen LogP contribution in [0.3, 0.4) is 0 Å². The maximum atomic E-state index is 12.5. The summed E-state index contributed by atoms with van der Waals surface area (Å²) in [5, 5.41) is 83.0. The monoisotopic (exact) mass is 823 g/mol. The third-order valence-electron chi connectivity index (χ3n) is 17.2. The molecule has 0 aromatic rings. The van der Waals surface area contributed by atoms with E-state index < -0.39 is 102 Å². The van der Waals surface area contributed by atoms with Gasteiger partial charge in [-0.1, -0.05) is 47.1 Å². The van der Waals surface area contributed by atoms with Gasteiger partial charge in [-0.25, -0.2) is 9.59 Å². The van der Waals surface area contributed by atoms with E-state index >= 15 is 0 Å². The maximum absolute atomic E-state index is 12.5. The van der Waals surface area contributed by atoms with E-state index in [1.165, 1.54) is 5.57 Å². The molecule has 2 heterocycles. The van der Waals surface area contributed by atoms with Crippen LogP contribution in [0.15, 0.2) is 11.6 Å². The molecule has 7 rings (SSSR count). The predicted octanol–water partition coefficient (Wildman–Crippen LogP) is 2.22. The number of hydrogen-bond acceptors (Lipinski definition) is 12. The van der Waals surface area contributed by atoms with Gasteiger partial charge in [-0.05, 0) is 104 Å². The van der Waals surface area contributed by atoms with Gasteiger partial charge in [0.2, 0.25) is 0 Å². The molecule has 326 valence electrons. The van der Waals surface area contributed by atoms with Crippen molar-refractivity contribution < 1.29 is 79.0 Å². The zero-order valence-electron chi connectivity index (χ0n) is 34.4. The van der Waals surface area contributed by atoms with E-state index in [9.17, 15) is 60.0 Å². The van der Waals surface area contributed by atoms with E-state index in [0.717, 1.165) is 32.1 Å². The highest BCUT2D eigenvalue weighted by Crippen LogP contribution is 2.75. The van der Waals surface area contributed by atoms with Crippen molar-refractivity contribution >= 4 is 23.7 Å². The van der Waals surface area contributed by atoms with E-state index in [4.69, 9.17) is 18.9 Å². The molecule has 16 heteroatoms. The highest BCUT2D eigenvalue weighted by molar-refractivity contribution is 5.96. The number of carbonyl (C=O) groups is 3. The Kier molecular flexibility index (Phi) is 10.7. The predicted molar refractivity (Wildman–Crippen MR) is 201 cm³/mol. The Hall–Kier alpha value is -2.54. The van der Waals surface area contributed by atoms with Gasteiger partial charge in [-0.3, -0.25) is 9.59 Å². The maximum Gasteiger partial charge on any atom is 0.335 e. The van der Waals surface area contributed by atoms with Crippen LogP contribution in [-0.2, 0) is 33.3 Å². The number of aliphatic carboxylic acids is 3. The van der Waals surface area contributed by atoms with Crippen LogP contribution < -0.4 is 0 Å². The fraction of sp³-hybridized carbons (Fsp3) is 0.857. The number of carbonyl (C=O) groups excluding carboxylic acids is 1. The van der Waals surface area contributed by atoms with Gasteiger partial charge < -0.3 is 59.8 Å². The van der Waals surface area contributed by atoms with Crippen molar-refractivity contribution in [1.82, 2.24) is 0 Å². The number of aliphatic hydroxyl groups is 5. The molecule has 4 saturated carbocycles. The number of ether oxygens (including phenoxy) is 4. The van der Waals surface area contributed by atoms with Crippen molar-refractivity contribution in [2.24, 2.45) is 50.2 Å². The summed E-state index contributed by atoms with van der Waals surface area (Å²) in [4.78, 5) is 48.8. The summed E-state index contributed by atoms with van der Waals surface area (Å²) in [6.45, 7) is 15.0. The first-order valence-corrected chi connectivity index (χ1v) is 20.8. The van der Waals surface area contributed by atoms with Gasteiger partial charge in [0.1, 0.15) is 36.6 Å². The lowest BCUT2D eigenvalue weighted by atomic mass is 9.33. The van der Waals surface area contributed by atoms with Crippen LogP contribution in [0, 0.1) is 50.2 Å². The number of carboxylic acid groups (broad SMARTS) is 3. The molecule has 0 amide bonds. The molecule has 2 aliphatic heterocycles. The van der Waals surface area contributed by atoms with Gasteiger partial charge in [-0.2, -0.15) is 0 Å². The van der Waals surface area contributed by atoms with Crippen molar-refractivity contribution in [2.75, 3.05) is 0 Å². The van der Waals surface area contributed by atoms with Crippen LogP contribution >= 0.6 is 0 Å². The Balaban J connectivity index is 1.17. The highest BCUT2D eigenvalue weighted by atomic mass is 16.8. The van der Waals surface area contributed by atoms with Crippen LogP contribution in [0.2, 0.25) is 0 Å². The summed E-state index contributed by atoms with van der Waals surface area (Å²) in [6, 6.07) is 0. The molecule has 0 radical (unpaired) electrons. The molecule has 58 heavy (non-hydrogen) atoms. The number of rotatable bonds is 7. The Morgan fingerprint density at radius 3 is 1.90 bits per heavy atom. The Morgan fingerprint density at radius 1 is 0.707 bits per heavy atom. The normalized spacial score (nSPS) is 52.6. The summed E-state index contributed by atoms with van der Waals surface area (Å²) in [5.74, 6) is -4.00. The lowest BCUT2D eigenvalue weighted by Crippen LogP contribution is -2.68. The van der Waals surface area contributed by atoms with Crippen molar-refractivity contribution in [1.29, 1.82) is 0 Å². The number of ketones is 1. The van der Waals surface area contributed by atoms with Crippen molar-refractivity contribution in [2.45, 2.75) is 174 Å². The molecule has 0 spiro atoms. The minimum absolute atomic E-state index is 0.0183. The van der Waals surface area contributed by atoms with Gasteiger partial charge in [0.15, 0.2) is 24.8 Å². The molecular weight excluding hydrogens is 760 g/mol. The average molecular weight is 824 g/mol. The molecule has 0 aromatic carbocycles. The van der Waals surface area contributed by atoms with Gasteiger partial charge in [-0.15, -0.1) is 0 Å². The van der Waals surface area contributed by atoms with Crippen LogP contribution in [0.25, 0.3) is 0 Å². The fourth-order valence-corrected chi connectivity index (χ4v) is 13.4. The fourth-order valence-electron chi connectivity index (χ4n) is 13.4. The molecular formula is C42H63O16+. The number of hydrogen-bond donors (Lipinski definition) is 8. The van der Waals surface area contributed by atoms with Crippen LogP contribution in [0.1, 0.15) is 106 Å². The summed E-state index contributed by atoms with van der Waals surface area (Å²) < 4.78 is 23.4. The molecule has 5 aliphatic carbocycles. The van der Waals surface area contributed by atoms with Crippen LogP contribution in [-0.4, -0.2) is 137 Å². The summed E-state index contributed by atoms with van der Waals surface area (Å²) >= 11 is 0. The summed E-state index contributed by atoms with van der Waals surface area (Å²) in [6.07, 6.45) is -11.8. The molecule has 2 saturated heterocycles. The van der Waals surface area contributed by atoms with Crippen molar-refractivity contribution in [3.63, 3.8) is 0 Å². The van der Waals surface area contributed by atoms with Gasteiger partial charge in [0.05, 0.1) is 17.4 Å². The van der Waals surface area contributed by atoms with Crippen molar-refractivity contribution in [3.8, 4) is 0 Å². The topological polar surface area (TPSA) is 271 Å². The highest BCUT2D eigenvalue weighted by Gasteiger charge is 2.72. The van der Waals surface area contributed by atoms with Crippen LogP contribution in [0.5, 0.6) is 0 Å². The summed E-state index contributed by atoms with van der Waals surface area (Å²) in [7, 11) is 0. The van der Waals surface area contributed by atoms with Gasteiger partial charge in [0, 0.05) is 6.08 Å². The van der Waals surface area contributed by atoms with E-state index in [-0.39, 0.29) is 34.0 Å². The van der Waals surface area contributed by atoms with E-state index in [2.05, 4.69) is 27.7 Å². The van der Waals surface area contributed by atoms with E-state index in [1.54, 1.807) is 0 Å². The zero-order valence-corrected chi connectivity index (χ0v) is 34.4. The molecule has 9 N–H and O–H groups in total. The Bertz CT molecular complexity index is 1730. The second kappa shape index (κ2) is 14.3. The number of aliphatic hydroxyl groups excluding tert-OH is 5. The minimum atomic E-state index is -2.04. The average Bonchev–Trinajstić information content (AvgIpc) is 3.13. The second-order valence-electron chi connectivity index (χ2n) is 20.6. The first-order chi connectivity index (χ1) is 26.8. The SMILES string of the molecule is CC1(C(=O)O)CCC2(C)CCC3(C)C(=CC(=[OH+])C4C5(C)CCC(OC6OC(C(=O)O)C(O)C(O)C6OC6OC(C(=O)O)C(O)C(O)C6O)C(C)(C)C5CCC43C)C2C1. The quantitative estimate of drug-likeness (QED) is 0.135. The van der Waals surface area contributed by atoms with Crippen LogP contribution in [0.4, 0.5) is 0 Å². The standard InChI is InChI=1S/C42H62O16/c1-37(2)21-8-11-42(7)31(20(43)16-18-19-17-39(4,36(53)54)13-12-38(19,3)14-15-41(18,42)6)40(21,5)10-9-22(37)55-35-30(26(47)25(46)29(57-35)33(51)52)58-34-27(48)23(44)24(45)28(56-34)32(49)50/h16,19,21-31,34-35,44-48H,8-15,17H2,1-7H3,(H,49,50)(H,51,52)(H,53,54)/p+1. The van der Waals surface area contributed by atoms with E-state index in [1.807, 2.05) is 26.8 Å². The van der Waals surface area contributed by atoms with Crippen molar-refractivity contribution in [3.05, 3.63) is 11.6 Å². The van der Waals surface area contributed by atoms with E-state index in [0.29, 0.717) is 31.5 Å². The smallest absolute Gasteiger partial charge is 0.335 e. The largest absolute Gasteiger partial charge is 0.481 e. The van der Waals surface area contributed by atoms with Gasteiger partial charge >= 0.3 is 23.7 Å². The molecule has 19 atom stereocenters. The molecule has 19 unspecified atom stereocenters. The minimum Gasteiger partial charge on any atom is -0.481 e. The third-order valence-corrected chi connectivity index (χ3v) is 17.2. The first kappa shape index (κ1) is 43.5. The molecule has 16 nitrogen and oxygen atoms in total. The molecule has 0 aromatic heterocycles. The number of fused-ring (bicyclic) bond motifs is 7. The second-order valence-corrected chi connectivity index (χ2v) is 20.6. The Morgan fingerprint density at radius 2 is 1.29 bits per heavy atom. The zero-order chi connectivity index (χ0) is 42.9. The lowest BCUT2D eigenvalue weighted by molar-refractivity contribution is -0.371. The molecule has 6 fully saturated rings. The van der Waals surface area contributed by atoms with Gasteiger partial charge in [0.25, 0.3) is 0 Å².